The van der Waals surface area contributed by atoms with Crippen LogP contribution in [-0.4, -0.2) is 21.8 Å². The van der Waals surface area contributed by atoms with Gasteiger partial charge in [0.25, 0.3) is 0 Å². The van der Waals surface area contributed by atoms with Crippen molar-refractivity contribution in [3.05, 3.63) is 35.4 Å². The van der Waals surface area contributed by atoms with E-state index >= 15 is 0 Å². The molecular weight excluding hydrogens is 230 g/mol. The molecule has 0 radical (unpaired) electrons. The Balaban J connectivity index is 2.14. The molecule has 0 aliphatic carbocycles. The van der Waals surface area contributed by atoms with E-state index in [0.29, 0.717) is 12.0 Å². The highest BCUT2D eigenvalue weighted by Gasteiger charge is 2.23. The van der Waals surface area contributed by atoms with Crippen molar-refractivity contribution >= 4 is 10.8 Å². The Morgan fingerprint density at radius 1 is 1.24 bits per heavy atom. The summed E-state index contributed by atoms with van der Waals surface area (Å²) in [7, 11) is -0.677. The summed E-state index contributed by atoms with van der Waals surface area (Å²) in [6.45, 7) is 6.50. The Morgan fingerprint density at radius 3 is 2.41 bits per heavy atom. The zero-order valence-electron chi connectivity index (χ0n) is 10.8. The van der Waals surface area contributed by atoms with Crippen molar-refractivity contribution in [3.63, 3.8) is 0 Å². The van der Waals surface area contributed by atoms with E-state index < -0.39 is 10.8 Å². The van der Waals surface area contributed by atoms with E-state index in [1.807, 2.05) is 0 Å². The summed E-state index contributed by atoms with van der Waals surface area (Å²) in [5, 5.41) is 3.52. The van der Waals surface area contributed by atoms with E-state index in [0.717, 1.165) is 11.5 Å². The molecule has 0 amide bonds. The summed E-state index contributed by atoms with van der Waals surface area (Å²) in [5.41, 5.74) is 2.62. The molecule has 2 nitrogen and oxygen atoms in total. The number of benzene rings is 1. The van der Waals surface area contributed by atoms with E-state index in [-0.39, 0.29) is 6.04 Å². The monoisotopic (exact) mass is 251 g/mol. The summed E-state index contributed by atoms with van der Waals surface area (Å²) in [6, 6.07) is 9.30. The van der Waals surface area contributed by atoms with E-state index in [1.54, 1.807) is 0 Å². The fourth-order valence-corrected chi connectivity index (χ4v) is 3.73. The van der Waals surface area contributed by atoms with Gasteiger partial charge in [0.05, 0.1) is 0 Å². The van der Waals surface area contributed by atoms with Crippen molar-refractivity contribution < 1.29 is 4.21 Å². The lowest BCUT2D eigenvalue weighted by Crippen LogP contribution is -2.43. The van der Waals surface area contributed by atoms with Crippen molar-refractivity contribution in [3.8, 4) is 0 Å². The lowest BCUT2D eigenvalue weighted by molar-refractivity contribution is 0.489. The second-order valence-corrected chi connectivity index (χ2v) is 6.76. The summed E-state index contributed by atoms with van der Waals surface area (Å²) in [5.74, 6) is 2.09. The van der Waals surface area contributed by atoms with E-state index in [9.17, 15) is 4.21 Å². The minimum Gasteiger partial charge on any atom is -0.306 e. The zero-order valence-corrected chi connectivity index (χ0v) is 11.6. The third-order valence-electron chi connectivity index (χ3n) is 3.28. The molecule has 0 bridgehead atoms. The lowest BCUT2D eigenvalue weighted by atomic mass is 9.99. The minimum atomic E-state index is -0.677. The molecule has 1 N–H and O–H groups in total. The van der Waals surface area contributed by atoms with Crippen molar-refractivity contribution in [2.45, 2.75) is 38.8 Å². The molecule has 1 aliphatic rings. The average Bonchev–Trinajstić information content (AvgIpc) is 2.28. The van der Waals surface area contributed by atoms with Crippen molar-refractivity contribution in [2.24, 2.45) is 0 Å². The predicted octanol–water partition coefficient (Wildman–Crippen LogP) is 2.59. The zero-order chi connectivity index (χ0) is 12.4. The van der Waals surface area contributed by atoms with Gasteiger partial charge >= 0.3 is 0 Å². The van der Waals surface area contributed by atoms with Gasteiger partial charge < -0.3 is 5.32 Å². The fraction of sp³-hybridized carbons (Fsp3) is 0.571. The van der Waals surface area contributed by atoms with Crippen LogP contribution in [0.5, 0.6) is 0 Å². The van der Waals surface area contributed by atoms with Gasteiger partial charge in [-0.05, 0) is 24.0 Å². The molecule has 3 atom stereocenters. The molecule has 1 heterocycles. The highest BCUT2D eigenvalue weighted by molar-refractivity contribution is 7.85. The largest absolute Gasteiger partial charge is 0.306 e. The Labute approximate surface area is 106 Å². The smallest absolute Gasteiger partial charge is 0.0439 e. The third-order valence-corrected chi connectivity index (χ3v) is 4.86. The van der Waals surface area contributed by atoms with Crippen LogP contribution in [0.1, 0.15) is 43.9 Å². The summed E-state index contributed by atoms with van der Waals surface area (Å²) in [4.78, 5) is 0. The van der Waals surface area contributed by atoms with Gasteiger partial charge in [-0.2, -0.15) is 0 Å². The van der Waals surface area contributed by atoms with E-state index in [1.165, 1.54) is 11.1 Å². The van der Waals surface area contributed by atoms with Gasteiger partial charge in [0.2, 0.25) is 0 Å². The first-order valence-electron chi connectivity index (χ1n) is 6.27. The minimum absolute atomic E-state index is 0.251. The van der Waals surface area contributed by atoms with Crippen LogP contribution >= 0.6 is 0 Å². The fourth-order valence-electron chi connectivity index (χ4n) is 2.28. The summed E-state index contributed by atoms with van der Waals surface area (Å²) >= 11 is 0. The third kappa shape index (κ3) is 3.17. The van der Waals surface area contributed by atoms with E-state index in [2.05, 4.69) is 50.4 Å². The molecule has 0 spiro atoms. The molecule has 1 aromatic carbocycles. The topological polar surface area (TPSA) is 29.1 Å². The van der Waals surface area contributed by atoms with Gasteiger partial charge in [0.1, 0.15) is 0 Å². The van der Waals surface area contributed by atoms with Crippen LogP contribution in [0.3, 0.4) is 0 Å². The molecule has 94 valence electrons. The Bertz CT molecular complexity index is 399. The van der Waals surface area contributed by atoms with Crippen LogP contribution in [0.4, 0.5) is 0 Å². The molecule has 2 rings (SSSR count). The maximum atomic E-state index is 11.7. The van der Waals surface area contributed by atoms with Gasteiger partial charge in [-0.25, -0.2) is 0 Å². The molecular formula is C14H21NOS. The summed E-state index contributed by atoms with van der Waals surface area (Å²) in [6.07, 6.45) is 0. The number of rotatable bonds is 2. The SMILES string of the molecule is CC1CS(=O)CC(c2ccc(C(C)C)cc2)N1. The highest BCUT2D eigenvalue weighted by atomic mass is 32.2. The van der Waals surface area contributed by atoms with Crippen LogP contribution in [0.15, 0.2) is 24.3 Å². The second-order valence-electron chi connectivity index (χ2n) is 5.21. The number of nitrogens with one attached hydrogen (secondary N) is 1. The first-order chi connectivity index (χ1) is 8.06. The van der Waals surface area contributed by atoms with Gasteiger partial charge in [-0.1, -0.05) is 38.1 Å². The van der Waals surface area contributed by atoms with Crippen LogP contribution in [0, 0.1) is 0 Å². The van der Waals surface area contributed by atoms with Crippen molar-refractivity contribution in [2.75, 3.05) is 11.5 Å². The molecule has 1 aliphatic heterocycles. The molecule has 3 heteroatoms. The Kier molecular flexibility index (Phi) is 4.00. The lowest BCUT2D eigenvalue weighted by Gasteiger charge is -2.28. The summed E-state index contributed by atoms with van der Waals surface area (Å²) < 4.78 is 11.7. The van der Waals surface area contributed by atoms with Gasteiger partial charge in [0, 0.05) is 34.4 Å². The van der Waals surface area contributed by atoms with Crippen LogP contribution in [0.2, 0.25) is 0 Å². The van der Waals surface area contributed by atoms with Crippen LogP contribution < -0.4 is 5.32 Å². The second kappa shape index (κ2) is 5.32. The predicted molar refractivity (Wildman–Crippen MR) is 73.7 cm³/mol. The molecule has 0 aromatic heterocycles. The quantitative estimate of drug-likeness (QED) is 0.875. The maximum absolute atomic E-state index is 11.7. The van der Waals surface area contributed by atoms with Crippen molar-refractivity contribution in [1.82, 2.24) is 5.32 Å². The first-order valence-corrected chi connectivity index (χ1v) is 7.76. The molecule has 3 unspecified atom stereocenters. The number of hydrogen-bond acceptors (Lipinski definition) is 2. The standard InChI is InChI=1S/C14H21NOS/c1-10(2)12-4-6-13(7-5-12)14-9-17(16)8-11(3)15-14/h4-7,10-11,14-15H,8-9H2,1-3H3. The molecule has 17 heavy (non-hydrogen) atoms. The van der Waals surface area contributed by atoms with Gasteiger partial charge in [0.15, 0.2) is 0 Å². The Hall–Kier alpha value is -0.670. The van der Waals surface area contributed by atoms with Gasteiger partial charge in [-0.15, -0.1) is 0 Å². The molecule has 1 saturated heterocycles. The maximum Gasteiger partial charge on any atom is 0.0439 e. The average molecular weight is 251 g/mol. The van der Waals surface area contributed by atoms with Gasteiger partial charge in [-0.3, -0.25) is 4.21 Å². The van der Waals surface area contributed by atoms with Crippen molar-refractivity contribution in [1.29, 1.82) is 0 Å². The van der Waals surface area contributed by atoms with Crippen LogP contribution in [0.25, 0.3) is 0 Å². The molecule has 1 aromatic rings. The van der Waals surface area contributed by atoms with Crippen LogP contribution in [-0.2, 0) is 10.8 Å². The normalized spacial score (nSPS) is 29.5. The molecule has 1 fully saturated rings. The van der Waals surface area contributed by atoms with E-state index in [4.69, 9.17) is 0 Å². The Morgan fingerprint density at radius 2 is 1.88 bits per heavy atom. The first kappa shape index (κ1) is 12.8. The highest BCUT2D eigenvalue weighted by Crippen LogP contribution is 2.22. The number of hydrogen-bond donors (Lipinski definition) is 1. The molecule has 0 saturated carbocycles.